The fraction of sp³-hybridized carbons (Fsp3) is 0.118. The Morgan fingerprint density at radius 3 is 2.30 bits per heavy atom. The van der Waals surface area contributed by atoms with Gasteiger partial charge < -0.3 is 4.42 Å². The van der Waals surface area contributed by atoms with Crippen molar-refractivity contribution < 1.29 is 17.6 Å². The molecule has 0 bridgehead atoms. The zero-order valence-electron chi connectivity index (χ0n) is 12.7. The van der Waals surface area contributed by atoms with Crippen LogP contribution in [0.2, 0.25) is 0 Å². The molecule has 0 aliphatic rings. The topological polar surface area (TPSA) is 67.6 Å². The van der Waals surface area contributed by atoms with Crippen molar-refractivity contribution in [3.8, 4) is 0 Å². The van der Waals surface area contributed by atoms with Crippen LogP contribution in [-0.2, 0) is 10.0 Å². The summed E-state index contributed by atoms with van der Waals surface area (Å²) in [5.74, 6) is 0.0187. The minimum atomic E-state index is -3.33. The van der Waals surface area contributed by atoms with Gasteiger partial charge in [0.1, 0.15) is 5.58 Å². The van der Waals surface area contributed by atoms with Gasteiger partial charge in [-0.15, -0.1) is 0 Å². The molecule has 23 heavy (non-hydrogen) atoms. The maximum Gasteiger partial charge on any atom is 0.231 e. The molecule has 0 N–H and O–H groups in total. The molecule has 0 spiro atoms. The molecule has 0 atom stereocenters. The molecule has 0 fully saturated rings. The van der Waals surface area contributed by atoms with Gasteiger partial charge in [-0.2, -0.15) is 0 Å². The Morgan fingerprint density at radius 1 is 1.04 bits per heavy atom. The van der Waals surface area contributed by atoms with Gasteiger partial charge >= 0.3 is 0 Å². The van der Waals surface area contributed by atoms with Gasteiger partial charge in [0.25, 0.3) is 0 Å². The van der Waals surface area contributed by atoms with Crippen molar-refractivity contribution in [3.63, 3.8) is 0 Å². The number of hydrogen-bond acceptors (Lipinski definition) is 4. The van der Waals surface area contributed by atoms with Crippen molar-refractivity contribution in [2.24, 2.45) is 0 Å². The van der Waals surface area contributed by atoms with E-state index in [1.165, 1.54) is 7.05 Å². The van der Waals surface area contributed by atoms with Crippen LogP contribution >= 0.6 is 0 Å². The van der Waals surface area contributed by atoms with Crippen LogP contribution in [-0.4, -0.2) is 27.5 Å². The average Bonchev–Trinajstić information content (AvgIpc) is 2.96. The standard InChI is InChI=1S/C17H15NO4S/c1-18(23(2,20)21)14-9-7-12(8-10-14)17(19)16-11-13-5-3-4-6-15(13)22-16/h3-11H,1-2H3. The molecule has 3 aromatic rings. The van der Waals surface area contributed by atoms with Crippen molar-refractivity contribution in [2.45, 2.75) is 0 Å². The Kier molecular flexibility index (Phi) is 3.69. The van der Waals surface area contributed by atoms with Crippen LogP contribution in [0.25, 0.3) is 11.0 Å². The van der Waals surface area contributed by atoms with Gasteiger partial charge in [0.2, 0.25) is 15.8 Å². The number of carbonyl (C=O) groups is 1. The Bertz CT molecular complexity index is 938. The summed E-state index contributed by atoms with van der Waals surface area (Å²) in [5.41, 5.74) is 1.59. The van der Waals surface area contributed by atoms with Crippen molar-refractivity contribution in [2.75, 3.05) is 17.6 Å². The number of fused-ring (bicyclic) bond motifs is 1. The van der Waals surface area contributed by atoms with Crippen LogP contribution in [0.4, 0.5) is 5.69 Å². The van der Waals surface area contributed by atoms with Crippen molar-refractivity contribution in [1.82, 2.24) is 0 Å². The summed E-state index contributed by atoms with van der Waals surface area (Å²) < 4.78 is 29.7. The lowest BCUT2D eigenvalue weighted by atomic mass is 10.1. The van der Waals surface area contributed by atoms with E-state index < -0.39 is 10.0 Å². The van der Waals surface area contributed by atoms with Crippen molar-refractivity contribution in [3.05, 3.63) is 65.9 Å². The SMILES string of the molecule is CN(c1ccc(C(=O)c2cc3ccccc3o2)cc1)S(C)(=O)=O. The van der Waals surface area contributed by atoms with Crippen molar-refractivity contribution >= 4 is 32.5 Å². The first kappa shape index (κ1) is 15.3. The predicted octanol–water partition coefficient (Wildman–Crippen LogP) is 3.06. The highest BCUT2D eigenvalue weighted by Gasteiger charge is 2.16. The van der Waals surface area contributed by atoms with Crippen LogP contribution in [0.1, 0.15) is 16.1 Å². The predicted molar refractivity (Wildman–Crippen MR) is 89.3 cm³/mol. The quantitative estimate of drug-likeness (QED) is 0.690. The second-order valence-electron chi connectivity index (χ2n) is 5.25. The molecule has 0 saturated carbocycles. The molecule has 3 rings (SSSR count). The monoisotopic (exact) mass is 329 g/mol. The third-order valence-corrected chi connectivity index (χ3v) is 4.85. The molecule has 0 amide bonds. The number of nitrogens with zero attached hydrogens (tertiary/aromatic N) is 1. The summed E-state index contributed by atoms with van der Waals surface area (Å²) in [7, 11) is -1.86. The summed E-state index contributed by atoms with van der Waals surface area (Å²) in [6.45, 7) is 0. The second-order valence-corrected chi connectivity index (χ2v) is 7.27. The summed E-state index contributed by atoms with van der Waals surface area (Å²) in [6.07, 6.45) is 1.13. The average molecular weight is 329 g/mol. The highest BCUT2D eigenvalue weighted by Crippen LogP contribution is 2.23. The van der Waals surface area contributed by atoms with E-state index in [9.17, 15) is 13.2 Å². The molecule has 0 aliphatic heterocycles. The molecule has 0 aliphatic carbocycles. The van der Waals surface area contributed by atoms with E-state index in [4.69, 9.17) is 4.42 Å². The van der Waals surface area contributed by atoms with E-state index in [0.717, 1.165) is 15.9 Å². The number of anilines is 1. The van der Waals surface area contributed by atoms with Gasteiger partial charge in [-0.25, -0.2) is 8.42 Å². The van der Waals surface area contributed by atoms with Gasteiger partial charge in [0.05, 0.1) is 11.9 Å². The maximum absolute atomic E-state index is 12.5. The lowest BCUT2D eigenvalue weighted by Crippen LogP contribution is -2.24. The van der Waals surface area contributed by atoms with Gasteiger partial charge in [-0.3, -0.25) is 9.10 Å². The van der Waals surface area contributed by atoms with E-state index >= 15 is 0 Å². The number of benzene rings is 2. The molecule has 0 unspecified atom stereocenters. The number of ketones is 1. The molecular weight excluding hydrogens is 314 g/mol. The van der Waals surface area contributed by atoms with Gasteiger partial charge in [-0.1, -0.05) is 18.2 Å². The molecular formula is C17H15NO4S. The van der Waals surface area contributed by atoms with Crippen molar-refractivity contribution in [1.29, 1.82) is 0 Å². The smallest absolute Gasteiger partial charge is 0.231 e. The molecule has 118 valence electrons. The van der Waals surface area contributed by atoms with E-state index in [0.29, 0.717) is 16.8 Å². The van der Waals surface area contributed by atoms with Gasteiger partial charge in [-0.05, 0) is 36.4 Å². The summed E-state index contributed by atoms with van der Waals surface area (Å²) in [5, 5.41) is 0.865. The first-order chi connectivity index (χ1) is 10.9. The number of sulfonamides is 1. The zero-order chi connectivity index (χ0) is 16.6. The minimum absolute atomic E-state index is 0.241. The van der Waals surface area contributed by atoms with Gasteiger partial charge in [0, 0.05) is 18.0 Å². The Morgan fingerprint density at radius 2 is 1.70 bits per heavy atom. The maximum atomic E-state index is 12.5. The Labute approximate surface area is 134 Å². The second kappa shape index (κ2) is 5.55. The highest BCUT2D eigenvalue weighted by atomic mass is 32.2. The van der Waals surface area contributed by atoms with Crippen LogP contribution in [0.15, 0.2) is 59.0 Å². The molecule has 5 nitrogen and oxygen atoms in total. The van der Waals surface area contributed by atoms with E-state index in [2.05, 4.69) is 0 Å². The third-order valence-electron chi connectivity index (χ3n) is 3.64. The minimum Gasteiger partial charge on any atom is -0.453 e. The number of para-hydroxylation sites is 1. The summed E-state index contributed by atoms with van der Waals surface area (Å²) in [6, 6.07) is 15.5. The van der Waals surface area contributed by atoms with E-state index in [1.54, 1.807) is 36.4 Å². The summed E-state index contributed by atoms with van der Waals surface area (Å²) in [4.78, 5) is 12.5. The van der Waals surface area contributed by atoms with Crippen LogP contribution < -0.4 is 4.31 Å². The zero-order valence-corrected chi connectivity index (χ0v) is 13.5. The molecule has 2 aromatic carbocycles. The largest absolute Gasteiger partial charge is 0.453 e. The van der Waals surface area contributed by atoms with Gasteiger partial charge in [0.15, 0.2) is 5.76 Å². The summed E-state index contributed by atoms with van der Waals surface area (Å²) >= 11 is 0. The number of rotatable bonds is 4. The number of carbonyl (C=O) groups excluding carboxylic acids is 1. The third kappa shape index (κ3) is 2.98. The molecule has 6 heteroatoms. The molecule has 1 aromatic heterocycles. The fourth-order valence-corrected chi connectivity index (χ4v) is 2.75. The molecule has 0 saturated heterocycles. The van der Waals surface area contributed by atoms with Crippen LogP contribution in [0.3, 0.4) is 0 Å². The Hall–Kier alpha value is -2.60. The van der Waals surface area contributed by atoms with Crippen LogP contribution in [0.5, 0.6) is 0 Å². The van der Waals surface area contributed by atoms with E-state index in [1.807, 2.05) is 18.2 Å². The normalized spacial score (nSPS) is 11.6. The highest BCUT2D eigenvalue weighted by molar-refractivity contribution is 7.92. The molecule has 0 radical (unpaired) electrons. The fourth-order valence-electron chi connectivity index (χ4n) is 2.25. The van der Waals surface area contributed by atoms with Crippen LogP contribution in [0, 0.1) is 0 Å². The lowest BCUT2D eigenvalue weighted by molar-refractivity contribution is 0.101. The lowest BCUT2D eigenvalue weighted by Gasteiger charge is -2.16. The number of furan rings is 1. The number of hydrogen-bond donors (Lipinski definition) is 0. The van der Waals surface area contributed by atoms with E-state index in [-0.39, 0.29) is 11.5 Å². The first-order valence-corrected chi connectivity index (χ1v) is 8.78. The molecule has 1 heterocycles. The first-order valence-electron chi connectivity index (χ1n) is 6.93. The Balaban J connectivity index is 1.91.